The Balaban J connectivity index is 1.75. The summed E-state index contributed by atoms with van der Waals surface area (Å²) >= 11 is 0. The Hall–Kier alpha value is -1.71. The summed E-state index contributed by atoms with van der Waals surface area (Å²) in [5, 5.41) is 0. The number of carbonyl (C=O) groups is 3. The van der Waals surface area contributed by atoms with E-state index >= 15 is 0 Å². The second kappa shape index (κ2) is 6.67. The number of ether oxygens (including phenoxy) is 1. The minimum Gasteiger partial charge on any atom is -0.462 e. The van der Waals surface area contributed by atoms with Gasteiger partial charge in [-0.15, -0.1) is 0 Å². The van der Waals surface area contributed by atoms with Gasteiger partial charge in [-0.3, -0.25) is 14.4 Å². The number of carbonyl (C=O) groups excluding carboxylic acids is 3. The fourth-order valence-corrected chi connectivity index (χ4v) is 7.22. The highest BCUT2D eigenvalue weighted by molar-refractivity contribution is 6.01. The third-order valence-corrected chi connectivity index (χ3v) is 8.68. The maximum absolute atomic E-state index is 12.5. The molecule has 0 amide bonds. The van der Waals surface area contributed by atoms with Gasteiger partial charge in [-0.2, -0.15) is 0 Å². The van der Waals surface area contributed by atoms with Gasteiger partial charge in [0.05, 0.1) is 0 Å². The topological polar surface area (TPSA) is 60.4 Å². The van der Waals surface area contributed by atoms with Crippen LogP contribution in [0.15, 0.2) is 23.8 Å². The number of rotatable bonds is 3. The summed E-state index contributed by atoms with van der Waals surface area (Å²) in [5.41, 5.74) is 0.805. The molecule has 3 saturated carbocycles. The van der Waals surface area contributed by atoms with Gasteiger partial charge >= 0.3 is 5.97 Å². The first kappa shape index (κ1) is 19.6. The molecule has 0 heterocycles. The number of Topliss-reactive ketones (excluding diaryl/α,β-unsaturated/α-hetero) is 1. The fraction of sp³-hybridized carbons (Fsp3) is 0.708. The zero-order valence-corrected chi connectivity index (χ0v) is 17.5. The quantitative estimate of drug-likeness (QED) is 0.675. The SMILES string of the molecule is CCC(=O)OC1C[C@H]2[C@@H](CCC3=CC(=O)C=C[C@@]32C)[C@@H]2CC[C@H](C(C)=O)[C@@]12C. The normalized spacial score (nSPS) is 44.2. The lowest BCUT2D eigenvalue weighted by Gasteiger charge is -2.59. The molecule has 152 valence electrons. The number of esters is 1. The molecule has 3 fully saturated rings. The van der Waals surface area contributed by atoms with E-state index in [9.17, 15) is 14.4 Å². The fourth-order valence-electron chi connectivity index (χ4n) is 7.22. The molecule has 7 atom stereocenters. The van der Waals surface area contributed by atoms with Gasteiger partial charge in [0, 0.05) is 23.2 Å². The van der Waals surface area contributed by atoms with Gasteiger partial charge in [0.1, 0.15) is 11.9 Å². The number of hydrogen-bond donors (Lipinski definition) is 0. The standard InChI is InChI=1S/C24H32O4/c1-5-22(27)28-21-13-20-17(19-9-8-18(14(2)25)24(19,21)4)7-6-15-12-16(26)10-11-23(15,20)3/h10-12,17-21H,5-9,13H2,1-4H3/t17-,18+,19-,20-,21?,23-,24+/m0/s1. The first-order chi connectivity index (χ1) is 13.2. The predicted molar refractivity (Wildman–Crippen MR) is 106 cm³/mol. The molecular weight excluding hydrogens is 352 g/mol. The van der Waals surface area contributed by atoms with Crippen LogP contribution in [0.5, 0.6) is 0 Å². The molecule has 0 aromatic rings. The maximum Gasteiger partial charge on any atom is 0.305 e. The minimum atomic E-state index is -0.274. The van der Waals surface area contributed by atoms with Crippen LogP contribution in [0, 0.1) is 34.5 Å². The number of fused-ring (bicyclic) bond motifs is 5. The van der Waals surface area contributed by atoms with Crippen LogP contribution >= 0.6 is 0 Å². The molecule has 4 aliphatic rings. The van der Waals surface area contributed by atoms with Crippen LogP contribution in [-0.4, -0.2) is 23.6 Å². The Morgan fingerprint density at radius 2 is 1.93 bits per heavy atom. The average molecular weight is 385 g/mol. The smallest absolute Gasteiger partial charge is 0.305 e. The summed E-state index contributed by atoms with van der Waals surface area (Å²) in [5.74, 6) is 1.34. The summed E-state index contributed by atoms with van der Waals surface area (Å²) in [4.78, 5) is 36.7. The highest BCUT2D eigenvalue weighted by atomic mass is 16.5. The van der Waals surface area contributed by atoms with E-state index in [1.54, 1.807) is 13.0 Å². The Morgan fingerprint density at radius 1 is 1.18 bits per heavy atom. The summed E-state index contributed by atoms with van der Waals surface area (Å²) in [6, 6.07) is 0. The number of ketones is 2. The van der Waals surface area contributed by atoms with Gasteiger partial charge < -0.3 is 4.74 Å². The van der Waals surface area contributed by atoms with Gasteiger partial charge in [-0.05, 0) is 68.9 Å². The monoisotopic (exact) mass is 384 g/mol. The molecule has 0 spiro atoms. The van der Waals surface area contributed by atoms with Crippen molar-refractivity contribution in [3.63, 3.8) is 0 Å². The average Bonchev–Trinajstić information content (AvgIpc) is 3.01. The second-order valence-electron chi connectivity index (χ2n) is 9.78. The van der Waals surface area contributed by atoms with Crippen molar-refractivity contribution in [2.75, 3.05) is 0 Å². The third-order valence-electron chi connectivity index (χ3n) is 8.68. The molecule has 4 nitrogen and oxygen atoms in total. The number of hydrogen-bond acceptors (Lipinski definition) is 4. The lowest BCUT2D eigenvalue weighted by Crippen LogP contribution is -2.57. The van der Waals surface area contributed by atoms with E-state index in [0.29, 0.717) is 24.2 Å². The van der Waals surface area contributed by atoms with E-state index in [1.165, 1.54) is 5.57 Å². The van der Waals surface area contributed by atoms with Crippen molar-refractivity contribution in [3.8, 4) is 0 Å². The Labute approximate surface area is 167 Å². The van der Waals surface area contributed by atoms with Gasteiger partial charge in [-0.25, -0.2) is 0 Å². The molecule has 4 aliphatic carbocycles. The van der Waals surface area contributed by atoms with Gasteiger partial charge in [0.15, 0.2) is 5.78 Å². The van der Waals surface area contributed by atoms with Crippen molar-refractivity contribution in [1.29, 1.82) is 0 Å². The Morgan fingerprint density at radius 3 is 2.61 bits per heavy atom. The predicted octanol–water partition coefficient (Wildman–Crippen LogP) is 4.43. The number of allylic oxidation sites excluding steroid dienone is 4. The largest absolute Gasteiger partial charge is 0.462 e. The molecule has 0 radical (unpaired) electrons. The molecule has 0 aliphatic heterocycles. The molecule has 28 heavy (non-hydrogen) atoms. The first-order valence-electron chi connectivity index (χ1n) is 10.9. The van der Waals surface area contributed by atoms with Crippen LogP contribution in [-0.2, 0) is 19.1 Å². The van der Waals surface area contributed by atoms with E-state index in [-0.39, 0.29) is 40.4 Å². The molecule has 4 heteroatoms. The van der Waals surface area contributed by atoms with E-state index in [4.69, 9.17) is 4.74 Å². The summed E-state index contributed by atoms with van der Waals surface area (Å²) in [6.45, 7) is 7.97. The van der Waals surface area contributed by atoms with Crippen molar-refractivity contribution in [1.82, 2.24) is 0 Å². The highest BCUT2D eigenvalue weighted by Crippen LogP contribution is 2.66. The van der Waals surface area contributed by atoms with Gasteiger partial charge in [0.2, 0.25) is 0 Å². The molecule has 1 unspecified atom stereocenters. The summed E-state index contributed by atoms with van der Waals surface area (Å²) in [6.07, 6.45) is 10.5. The summed E-state index contributed by atoms with van der Waals surface area (Å²) < 4.78 is 6.03. The van der Waals surface area contributed by atoms with Crippen LogP contribution in [0.3, 0.4) is 0 Å². The molecule has 0 aromatic carbocycles. The van der Waals surface area contributed by atoms with E-state index in [0.717, 1.165) is 32.1 Å². The molecule has 0 N–H and O–H groups in total. The minimum absolute atomic E-state index is 0.0265. The van der Waals surface area contributed by atoms with Crippen LogP contribution in [0.25, 0.3) is 0 Å². The Bertz CT molecular complexity index is 777. The van der Waals surface area contributed by atoms with Crippen molar-refractivity contribution < 1.29 is 19.1 Å². The van der Waals surface area contributed by atoms with Gasteiger partial charge in [0.25, 0.3) is 0 Å². The molecule has 0 aromatic heterocycles. The Kier molecular flexibility index (Phi) is 4.67. The van der Waals surface area contributed by atoms with Crippen LogP contribution in [0.1, 0.15) is 66.2 Å². The third kappa shape index (κ3) is 2.67. The van der Waals surface area contributed by atoms with Crippen LogP contribution in [0.2, 0.25) is 0 Å². The summed E-state index contributed by atoms with van der Waals surface area (Å²) in [7, 11) is 0. The zero-order chi connectivity index (χ0) is 20.3. The maximum atomic E-state index is 12.5. The zero-order valence-electron chi connectivity index (χ0n) is 17.5. The van der Waals surface area contributed by atoms with Crippen molar-refractivity contribution >= 4 is 17.5 Å². The second-order valence-corrected chi connectivity index (χ2v) is 9.78. The van der Waals surface area contributed by atoms with E-state index in [2.05, 4.69) is 19.9 Å². The van der Waals surface area contributed by atoms with Crippen molar-refractivity contribution in [3.05, 3.63) is 23.8 Å². The lowest BCUT2D eigenvalue weighted by atomic mass is 9.46. The molecule has 0 saturated heterocycles. The van der Waals surface area contributed by atoms with Crippen LogP contribution in [0.4, 0.5) is 0 Å². The first-order valence-corrected chi connectivity index (χ1v) is 10.9. The lowest BCUT2D eigenvalue weighted by molar-refractivity contribution is -0.179. The van der Waals surface area contributed by atoms with Crippen molar-refractivity contribution in [2.45, 2.75) is 72.3 Å². The van der Waals surface area contributed by atoms with E-state index in [1.807, 2.05) is 13.0 Å². The van der Waals surface area contributed by atoms with E-state index < -0.39 is 0 Å². The molecular formula is C24H32O4. The van der Waals surface area contributed by atoms with Gasteiger partial charge in [-0.1, -0.05) is 32.4 Å². The van der Waals surface area contributed by atoms with Crippen LogP contribution < -0.4 is 0 Å². The molecule has 4 rings (SSSR count). The van der Waals surface area contributed by atoms with Crippen molar-refractivity contribution in [2.24, 2.45) is 34.5 Å². The highest BCUT2D eigenvalue weighted by Gasteiger charge is 2.64. The molecule has 0 bridgehead atoms.